The van der Waals surface area contributed by atoms with E-state index in [1.807, 2.05) is 0 Å². The van der Waals surface area contributed by atoms with E-state index in [1.165, 1.54) is 6.92 Å². The van der Waals surface area contributed by atoms with E-state index in [0.29, 0.717) is 17.3 Å². The van der Waals surface area contributed by atoms with Crippen LogP contribution in [0.15, 0.2) is 65.8 Å². The number of halogens is 3. The van der Waals surface area contributed by atoms with Gasteiger partial charge in [0.05, 0.1) is 16.1 Å². The molecule has 27 heavy (non-hydrogen) atoms. The predicted octanol–water partition coefficient (Wildman–Crippen LogP) is 3.68. The van der Waals surface area contributed by atoms with Crippen LogP contribution in [0.1, 0.15) is 16.7 Å². The minimum absolute atomic E-state index is 0.0366. The number of hydrogen-bond donors (Lipinski definition) is 1. The van der Waals surface area contributed by atoms with Crippen molar-refractivity contribution in [3.8, 4) is 5.69 Å². The number of para-hydroxylation sites is 1. The van der Waals surface area contributed by atoms with Crippen LogP contribution in [-0.2, 0) is 22.7 Å². The lowest BCUT2D eigenvalue weighted by Gasteiger charge is -2.14. The minimum Gasteiger partial charge on any atom is -0.241 e. The van der Waals surface area contributed by atoms with E-state index in [0.717, 1.165) is 12.1 Å². The molecule has 3 rings (SSSR count). The lowest BCUT2D eigenvalue weighted by atomic mass is 10.1. The molecule has 0 fully saturated rings. The molecule has 2 aromatic carbocycles. The topological polar surface area (TPSA) is 64.0 Å². The molecular weight excluding hydrogens is 379 g/mol. The van der Waals surface area contributed by atoms with Crippen LogP contribution >= 0.6 is 0 Å². The van der Waals surface area contributed by atoms with Gasteiger partial charge in [-0.2, -0.15) is 18.3 Å². The lowest BCUT2D eigenvalue weighted by molar-refractivity contribution is -0.138. The number of hydrogen-bond acceptors (Lipinski definition) is 3. The Kier molecular flexibility index (Phi) is 5.07. The first-order valence-corrected chi connectivity index (χ1v) is 9.42. The van der Waals surface area contributed by atoms with Crippen LogP contribution in [0.4, 0.5) is 13.2 Å². The first kappa shape index (κ1) is 19.1. The van der Waals surface area contributed by atoms with E-state index in [9.17, 15) is 21.6 Å². The van der Waals surface area contributed by atoms with Gasteiger partial charge in [-0.1, -0.05) is 24.3 Å². The molecule has 0 saturated heterocycles. The molecule has 5 nitrogen and oxygen atoms in total. The fourth-order valence-electron chi connectivity index (χ4n) is 2.62. The van der Waals surface area contributed by atoms with Gasteiger partial charge in [-0.25, -0.2) is 17.8 Å². The van der Waals surface area contributed by atoms with Gasteiger partial charge in [0.25, 0.3) is 0 Å². The van der Waals surface area contributed by atoms with Crippen LogP contribution in [0.3, 0.4) is 0 Å². The molecule has 0 aliphatic rings. The van der Waals surface area contributed by atoms with Gasteiger partial charge in [0.15, 0.2) is 0 Å². The van der Waals surface area contributed by atoms with Gasteiger partial charge in [-0.15, -0.1) is 0 Å². The number of rotatable bonds is 5. The molecule has 3 aromatic rings. The molecule has 0 radical (unpaired) electrons. The van der Waals surface area contributed by atoms with Crippen molar-refractivity contribution in [2.45, 2.75) is 24.5 Å². The van der Waals surface area contributed by atoms with Crippen molar-refractivity contribution < 1.29 is 21.6 Å². The summed E-state index contributed by atoms with van der Waals surface area (Å²) in [6.45, 7) is 1.20. The van der Waals surface area contributed by atoms with Crippen LogP contribution < -0.4 is 4.72 Å². The van der Waals surface area contributed by atoms with E-state index >= 15 is 0 Å². The summed E-state index contributed by atoms with van der Waals surface area (Å²) in [5.74, 6) is 0. The second-order valence-electron chi connectivity index (χ2n) is 5.88. The zero-order chi connectivity index (χ0) is 19.7. The first-order valence-electron chi connectivity index (χ1n) is 7.94. The van der Waals surface area contributed by atoms with Gasteiger partial charge in [-0.05, 0) is 42.3 Å². The zero-order valence-electron chi connectivity index (χ0n) is 14.2. The zero-order valence-corrected chi connectivity index (χ0v) is 15.1. The van der Waals surface area contributed by atoms with Crippen molar-refractivity contribution in [2.24, 2.45) is 0 Å². The number of alkyl halides is 3. The monoisotopic (exact) mass is 395 g/mol. The summed E-state index contributed by atoms with van der Waals surface area (Å²) in [5.41, 5.74) is 0.297. The maximum absolute atomic E-state index is 13.1. The van der Waals surface area contributed by atoms with Gasteiger partial charge in [0, 0.05) is 18.9 Å². The van der Waals surface area contributed by atoms with Gasteiger partial charge >= 0.3 is 6.18 Å². The normalized spacial score (nSPS) is 12.3. The molecule has 0 unspecified atom stereocenters. The summed E-state index contributed by atoms with van der Waals surface area (Å²) in [4.78, 5) is -0.433. The summed E-state index contributed by atoms with van der Waals surface area (Å²) >= 11 is 0. The van der Waals surface area contributed by atoms with E-state index < -0.39 is 26.7 Å². The summed E-state index contributed by atoms with van der Waals surface area (Å²) in [7, 11) is -4.12. The van der Waals surface area contributed by atoms with Crippen molar-refractivity contribution in [1.29, 1.82) is 0 Å². The molecule has 0 spiro atoms. The minimum atomic E-state index is -4.62. The third-order valence-corrected chi connectivity index (χ3v) is 5.42. The number of nitrogens with zero attached hydrogens (tertiary/aromatic N) is 2. The summed E-state index contributed by atoms with van der Waals surface area (Å²) in [6.07, 6.45) is -1.32. The fraction of sp³-hybridized carbons (Fsp3) is 0.167. The molecule has 0 saturated carbocycles. The van der Waals surface area contributed by atoms with Gasteiger partial charge < -0.3 is 0 Å². The number of sulfonamides is 1. The molecule has 1 heterocycles. The second kappa shape index (κ2) is 7.16. The first-order chi connectivity index (χ1) is 12.7. The van der Waals surface area contributed by atoms with E-state index in [4.69, 9.17) is 0 Å². The van der Waals surface area contributed by atoms with E-state index in [1.54, 1.807) is 47.4 Å². The molecule has 0 amide bonds. The third-order valence-electron chi connectivity index (χ3n) is 4.02. The second-order valence-corrected chi connectivity index (χ2v) is 7.65. The summed E-state index contributed by atoms with van der Waals surface area (Å²) in [5, 5.41) is 4.11. The largest absolute Gasteiger partial charge is 0.416 e. The summed E-state index contributed by atoms with van der Waals surface area (Å²) < 4.78 is 68.1. The Hall–Kier alpha value is -2.65. The molecule has 9 heteroatoms. The molecule has 0 aliphatic heterocycles. The lowest BCUT2D eigenvalue weighted by Crippen LogP contribution is -2.24. The van der Waals surface area contributed by atoms with Gasteiger partial charge in [-0.3, -0.25) is 0 Å². The fourth-order valence-corrected chi connectivity index (χ4v) is 3.66. The Morgan fingerprint density at radius 3 is 2.52 bits per heavy atom. The van der Waals surface area contributed by atoms with Crippen LogP contribution in [0.5, 0.6) is 0 Å². The Bertz CT molecular complexity index is 1050. The van der Waals surface area contributed by atoms with Crippen molar-refractivity contribution in [3.63, 3.8) is 0 Å². The van der Waals surface area contributed by atoms with Crippen molar-refractivity contribution in [2.75, 3.05) is 0 Å². The summed E-state index contributed by atoms with van der Waals surface area (Å²) in [6, 6.07) is 11.7. The number of nitrogens with one attached hydrogen (secondary N) is 1. The Labute approximate surface area is 154 Å². The SMILES string of the molecule is Cc1ccc(S(=O)(=O)NCc2ccccc2-n2cccn2)cc1C(F)(F)F. The Balaban J connectivity index is 1.87. The molecule has 0 aliphatic carbocycles. The van der Waals surface area contributed by atoms with E-state index in [2.05, 4.69) is 9.82 Å². The maximum atomic E-state index is 13.1. The number of aryl methyl sites for hydroxylation is 1. The molecule has 0 bridgehead atoms. The highest BCUT2D eigenvalue weighted by Crippen LogP contribution is 2.33. The van der Waals surface area contributed by atoms with Crippen LogP contribution in [0.2, 0.25) is 0 Å². The predicted molar refractivity (Wildman–Crippen MR) is 93.8 cm³/mol. The maximum Gasteiger partial charge on any atom is 0.416 e. The molecule has 1 aromatic heterocycles. The van der Waals surface area contributed by atoms with Crippen molar-refractivity contribution in [1.82, 2.24) is 14.5 Å². The van der Waals surface area contributed by atoms with Crippen LogP contribution in [0, 0.1) is 6.92 Å². The van der Waals surface area contributed by atoms with Crippen LogP contribution in [-0.4, -0.2) is 18.2 Å². The highest BCUT2D eigenvalue weighted by molar-refractivity contribution is 7.89. The third kappa shape index (κ3) is 4.20. The average Bonchev–Trinajstić information content (AvgIpc) is 3.14. The Morgan fingerprint density at radius 1 is 1.11 bits per heavy atom. The highest BCUT2D eigenvalue weighted by atomic mass is 32.2. The molecule has 1 N–H and O–H groups in total. The van der Waals surface area contributed by atoms with E-state index in [-0.39, 0.29) is 12.1 Å². The van der Waals surface area contributed by atoms with Crippen molar-refractivity contribution in [3.05, 3.63) is 77.6 Å². The van der Waals surface area contributed by atoms with Gasteiger partial charge in [0.2, 0.25) is 10.0 Å². The highest BCUT2D eigenvalue weighted by Gasteiger charge is 2.33. The van der Waals surface area contributed by atoms with Gasteiger partial charge in [0.1, 0.15) is 0 Å². The Morgan fingerprint density at radius 2 is 1.85 bits per heavy atom. The molecular formula is C18H16F3N3O2S. The van der Waals surface area contributed by atoms with Crippen LogP contribution in [0.25, 0.3) is 5.69 Å². The number of aromatic nitrogens is 2. The molecule has 142 valence electrons. The average molecular weight is 395 g/mol. The molecule has 0 atom stereocenters. The van der Waals surface area contributed by atoms with Crippen molar-refractivity contribution >= 4 is 10.0 Å². The number of benzene rings is 2. The smallest absolute Gasteiger partial charge is 0.241 e. The standard InChI is InChI=1S/C18H16F3N3O2S/c1-13-7-8-15(11-16(13)18(19,20)21)27(25,26)23-12-14-5-2-3-6-17(14)24-10-4-9-22-24/h2-11,23H,12H2,1H3. The quantitative estimate of drug-likeness (QED) is 0.717.